The predicted molar refractivity (Wildman–Crippen MR) is 247 cm³/mol. The number of hydrogen-bond acceptors (Lipinski definition) is 1. The Bertz CT molecular complexity index is 2220. The molecule has 0 aliphatic heterocycles. The van der Waals surface area contributed by atoms with Crippen molar-refractivity contribution >= 4 is 17.1 Å². The van der Waals surface area contributed by atoms with Crippen LogP contribution in [0.5, 0.6) is 0 Å². The molecule has 1 nitrogen and oxygen atoms in total. The van der Waals surface area contributed by atoms with Gasteiger partial charge in [0.1, 0.15) is 0 Å². The summed E-state index contributed by atoms with van der Waals surface area (Å²) in [5, 5.41) is 0. The molecule has 0 unspecified atom stereocenters. The summed E-state index contributed by atoms with van der Waals surface area (Å²) in [6.45, 7) is 13.9. The quantitative estimate of drug-likeness (QED) is 0.156. The molecule has 0 radical (unpaired) electrons. The Labute approximate surface area is 349 Å². The van der Waals surface area contributed by atoms with Crippen LogP contribution in [0.1, 0.15) is 162 Å². The third kappa shape index (κ3) is 7.03. The van der Waals surface area contributed by atoms with E-state index in [-0.39, 0.29) is 10.8 Å². The SMILES string of the molecule is CC(C)(C)c1ccc(C2(c3ccc(C(C)(C)C)cc3)c3ccccc3-c3ccc(N(c4ccc(C5CCCCC5)cc4)c4ccc(C5CCCCC5)cc4)cc32)cc1. The summed E-state index contributed by atoms with van der Waals surface area (Å²) >= 11 is 0. The van der Waals surface area contributed by atoms with E-state index in [0.29, 0.717) is 11.8 Å². The van der Waals surface area contributed by atoms with E-state index in [2.05, 4.69) is 186 Å². The fraction of sp³-hybridized carbons (Fsp3) is 0.368. The number of hydrogen-bond donors (Lipinski definition) is 0. The first-order valence-electron chi connectivity index (χ1n) is 22.5. The first kappa shape index (κ1) is 38.6. The van der Waals surface area contributed by atoms with Gasteiger partial charge in [0.2, 0.25) is 0 Å². The molecular weight excluding hydrogens is 699 g/mol. The molecule has 0 aromatic heterocycles. The molecule has 3 aliphatic rings. The molecule has 6 aromatic carbocycles. The molecular formula is C57H63N. The topological polar surface area (TPSA) is 3.24 Å². The molecule has 9 rings (SSSR count). The zero-order chi connectivity index (χ0) is 40.1. The van der Waals surface area contributed by atoms with Gasteiger partial charge in [-0.1, -0.05) is 183 Å². The van der Waals surface area contributed by atoms with Crippen molar-refractivity contribution in [1.29, 1.82) is 0 Å². The molecule has 0 atom stereocenters. The van der Waals surface area contributed by atoms with E-state index in [4.69, 9.17) is 0 Å². The summed E-state index contributed by atoms with van der Waals surface area (Å²) in [5.74, 6) is 1.36. The molecule has 6 aromatic rings. The molecule has 2 saturated carbocycles. The lowest BCUT2D eigenvalue weighted by Crippen LogP contribution is -2.29. The van der Waals surface area contributed by atoms with Crippen LogP contribution in [-0.2, 0) is 16.2 Å². The van der Waals surface area contributed by atoms with E-state index in [1.54, 1.807) is 0 Å². The Balaban J connectivity index is 1.24. The van der Waals surface area contributed by atoms with Crippen molar-refractivity contribution in [2.75, 3.05) is 4.90 Å². The van der Waals surface area contributed by atoms with Crippen LogP contribution in [0.4, 0.5) is 17.1 Å². The third-order valence-electron chi connectivity index (χ3n) is 14.1. The first-order valence-corrected chi connectivity index (χ1v) is 22.5. The van der Waals surface area contributed by atoms with Crippen LogP contribution in [0, 0.1) is 0 Å². The van der Waals surface area contributed by atoms with Crippen LogP contribution in [0.25, 0.3) is 11.1 Å². The highest BCUT2D eigenvalue weighted by atomic mass is 15.1. The fourth-order valence-electron chi connectivity index (χ4n) is 10.7. The van der Waals surface area contributed by atoms with Gasteiger partial charge in [-0.3, -0.25) is 0 Å². The number of nitrogens with zero attached hydrogens (tertiary/aromatic N) is 1. The zero-order valence-electron chi connectivity index (χ0n) is 36.0. The van der Waals surface area contributed by atoms with Crippen LogP contribution in [0.15, 0.2) is 140 Å². The van der Waals surface area contributed by atoms with E-state index in [0.717, 1.165) is 0 Å². The molecule has 0 spiro atoms. The van der Waals surface area contributed by atoms with Crippen LogP contribution >= 0.6 is 0 Å². The Kier molecular flexibility index (Phi) is 10.2. The normalized spacial score (nSPS) is 17.1. The average Bonchev–Trinajstić information content (AvgIpc) is 3.55. The lowest BCUT2D eigenvalue weighted by atomic mass is 9.67. The highest BCUT2D eigenvalue weighted by molar-refractivity contribution is 5.89. The molecule has 58 heavy (non-hydrogen) atoms. The third-order valence-corrected chi connectivity index (χ3v) is 14.1. The van der Waals surface area contributed by atoms with Gasteiger partial charge in [-0.25, -0.2) is 0 Å². The minimum atomic E-state index is -0.490. The van der Waals surface area contributed by atoms with Gasteiger partial charge in [-0.2, -0.15) is 0 Å². The van der Waals surface area contributed by atoms with Crippen molar-refractivity contribution in [1.82, 2.24) is 0 Å². The predicted octanol–water partition coefficient (Wildman–Crippen LogP) is 16.2. The Morgan fingerprint density at radius 2 is 0.828 bits per heavy atom. The van der Waals surface area contributed by atoms with E-state index in [1.165, 1.54) is 137 Å². The zero-order valence-corrected chi connectivity index (χ0v) is 36.0. The van der Waals surface area contributed by atoms with Gasteiger partial charge in [0.25, 0.3) is 0 Å². The van der Waals surface area contributed by atoms with Crippen molar-refractivity contribution in [3.05, 3.63) is 184 Å². The van der Waals surface area contributed by atoms with Gasteiger partial charge in [0, 0.05) is 17.1 Å². The second-order valence-corrected chi connectivity index (χ2v) is 19.9. The molecule has 2 fully saturated rings. The lowest BCUT2D eigenvalue weighted by Gasteiger charge is -2.36. The smallest absolute Gasteiger partial charge is 0.0714 e. The molecule has 0 N–H and O–H groups in total. The Morgan fingerprint density at radius 1 is 0.414 bits per heavy atom. The Morgan fingerprint density at radius 3 is 1.28 bits per heavy atom. The largest absolute Gasteiger partial charge is 0.310 e. The first-order chi connectivity index (χ1) is 28.0. The van der Waals surface area contributed by atoms with Crippen molar-refractivity contribution < 1.29 is 0 Å². The summed E-state index contributed by atoms with van der Waals surface area (Å²) < 4.78 is 0. The summed E-state index contributed by atoms with van der Waals surface area (Å²) in [7, 11) is 0. The second-order valence-electron chi connectivity index (χ2n) is 19.9. The molecule has 296 valence electrons. The summed E-state index contributed by atoms with van der Waals surface area (Å²) in [4.78, 5) is 2.52. The van der Waals surface area contributed by atoms with Crippen LogP contribution in [-0.4, -0.2) is 0 Å². The minimum Gasteiger partial charge on any atom is -0.310 e. The van der Waals surface area contributed by atoms with Crippen molar-refractivity contribution in [3.8, 4) is 11.1 Å². The molecule has 3 aliphatic carbocycles. The highest BCUT2D eigenvalue weighted by Crippen LogP contribution is 2.57. The van der Waals surface area contributed by atoms with Crippen LogP contribution in [0.3, 0.4) is 0 Å². The number of anilines is 3. The van der Waals surface area contributed by atoms with E-state index >= 15 is 0 Å². The lowest BCUT2D eigenvalue weighted by molar-refractivity contribution is 0.443. The molecule has 1 heteroatoms. The van der Waals surface area contributed by atoms with Crippen molar-refractivity contribution in [2.45, 2.75) is 134 Å². The van der Waals surface area contributed by atoms with E-state index < -0.39 is 5.41 Å². The molecule has 0 amide bonds. The Hall–Kier alpha value is -4.88. The molecule has 0 heterocycles. The van der Waals surface area contributed by atoms with Crippen molar-refractivity contribution in [3.63, 3.8) is 0 Å². The summed E-state index contributed by atoms with van der Waals surface area (Å²) in [6, 6.07) is 55.0. The highest BCUT2D eigenvalue weighted by Gasteiger charge is 2.46. The van der Waals surface area contributed by atoms with Crippen LogP contribution < -0.4 is 4.90 Å². The van der Waals surface area contributed by atoms with Gasteiger partial charge < -0.3 is 4.90 Å². The number of benzene rings is 6. The van der Waals surface area contributed by atoms with Gasteiger partial charge in [-0.15, -0.1) is 0 Å². The number of rotatable bonds is 7. The second kappa shape index (κ2) is 15.4. The molecule has 0 saturated heterocycles. The fourth-order valence-corrected chi connectivity index (χ4v) is 10.7. The minimum absolute atomic E-state index is 0.0677. The summed E-state index contributed by atoms with van der Waals surface area (Å²) in [6.07, 6.45) is 13.4. The average molecular weight is 762 g/mol. The van der Waals surface area contributed by atoms with Crippen molar-refractivity contribution in [2.24, 2.45) is 0 Å². The number of fused-ring (bicyclic) bond motifs is 3. The summed E-state index contributed by atoms with van der Waals surface area (Å²) in [5.41, 5.74) is 17.0. The molecule has 0 bridgehead atoms. The van der Waals surface area contributed by atoms with Gasteiger partial charge in [0.05, 0.1) is 5.41 Å². The van der Waals surface area contributed by atoms with E-state index in [9.17, 15) is 0 Å². The monoisotopic (exact) mass is 761 g/mol. The van der Waals surface area contributed by atoms with Gasteiger partial charge >= 0.3 is 0 Å². The maximum absolute atomic E-state index is 2.54. The maximum atomic E-state index is 2.54. The maximum Gasteiger partial charge on any atom is 0.0714 e. The standard InChI is InChI=1S/C57H63N/c1-55(2,3)44-25-29-46(30-26-44)57(47-31-27-45(28-32-47)56(4,5)6)53-20-14-13-19-51(53)52-38-37-50(39-54(52)57)58(48-33-21-42(22-34-48)40-15-9-7-10-16-40)49-35-23-43(24-36-49)41-17-11-8-12-18-41/h13-14,19-41H,7-12,15-18H2,1-6H3. The van der Waals surface area contributed by atoms with E-state index in [1.807, 2.05) is 0 Å². The van der Waals surface area contributed by atoms with Gasteiger partial charge in [-0.05, 0) is 140 Å². The van der Waals surface area contributed by atoms with Crippen LogP contribution in [0.2, 0.25) is 0 Å². The van der Waals surface area contributed by atoms with Gasteiger partial charge in [0.15, 0.2) is 0 Å².